The molecule has 0 radical (unpaired) electrons. The zero-order chi connectivity index (χ0) is 25.1. The molecule has 0 bridgehead atoms. The third kappa shape index (κ3) is 4.85. The maximum Gasteiger partial charge on any atom is 0.336 e. The van der Waals surface area contributed by atoms with Gasteiger partial charge in [0.25, 0.3) is 0 Å². The van der Waals surface area contributed by atoms with E-state index in [1.165, 1.54) is 14.0 Å². The number of allylic oxidation sites excluding steroid dienone is 3. The predicted molar refractivity (Wildman–Crippen MR) is 130 cm³/mol. The molecule has 35 heavy (non-hydrogen) atoms. The lowest BCUT2D eigenvalue weighted by Gasteiger charge is -2.36. The fraction of sp³-hybridized carbons (Fsp3) is 0.321. The number of esters is 2. The first-order valence-corrected chi connectivity index (χ1v) is 11.7. The largest absolute Gasteiger partial charge is 0.493 e. The summed E-state index contributed by atoms with van der Waals surface area (Å²) in [5.74, 6) is -0.942. The standard InChI is InChI=1S/C28H29NO6/c1-5-34-28(32)25-16(2)29-21-13-20(18-9-7-6-8-10-18)14-22(31)27(21)26(25)19-11-12-23(35-17(3)30)24(15-19)33-4/h6-12,15,20,26,29H,5,13-14H2,1-4H3. The van der Waals surface area contributed by atoms with E-state index in [4.69, 9.17) is 14.2 Å². The second kappa shape index (κ2) is 10.2. The number of carbonyl (C=O) groups is 3. The van der Waals surface area contributed by atoms with E-state index in [0.29, 0.717) is 41.0 Å². The second-order valence-electron chi connectivity index (χ2n) is 8.65. The lowest BCUT2D eigenvalue weighted by atomic mass is 9.71. The monoisotopic (exact) mass is 475 g/mol. The molecular weight excluding hydrogens is 446 g/mol. The molecule has 1 N–H and O–H groups in total. The summed E-state index contributed by atoms with van der Waals surface area (Å²) in [7, 11) is 1.47. The highest BCUT2D eigenvalue weighted by Crippen LogP contribution is 2.47. The third-order valence-corrected chi connectivity index (χ3v) is 6.37. The number of hydrogen-bond acceptors (Lipinski definition) is 7. The molecule has 7 nitrogen and oxygen atoms in total. The van der Waals surface area contributed by atoms with Crippen molar-refractivity contribution in [2.45, 2.75) is 45.4 Å². The number of benzene rings is 2. The number of carbonyl (C=O) groups excluding carboxylic acids is 3. The molecule has 2 atom stereocenters. The molecule has 0 saturated heterocycles. The summed E-state index contributed by atoms with van der Waals surface area (Å²) in [6, 6.07) is 15.1. The van der Waals surface area contributed by atoms with Crippen molar-refractivity contribution >= 4 is 17.7 Å². The molecule has 2 aromatic rings. The van der Waals surface area contributed by atoms with Crippen LogP contribution in [-0.4, -0.2) is 31.4 Å². The molecule has 1 aliphatic carbocycles. The van der Waals surface area contributed by atoms with Crippen molar-refractivity contribution in [1.29, 1.82) is 0 Å². The van der Waals surface area contributed by atoms with E-state index in [0.717, 1.165) is 11.3 Å². The van der Waals surface area contributed by atoms with Crippen molar-refractivity contribution in [1.82, 2.24) is 5.32 Å². The van der Waals surface area contributed by atoms with Crippen molar-refractivity contribution in [3.63, 3.8) is 0 Å². The summed E-state index contributed by atoms with van der Waals surface area (Å²) < 4.78 is 16.1. The lowest BCUT2D eigenvalue weighted by molar-refractivity contribution is -0.139. The minimum Gasteiger partial charge on any atom is -0.493 e. The van der Waals surface area contributed by atoms with E-state index in [-0.39, 0.29) is 24.1 Å². The lowest BCUT2D eigenvalue weighted by Crippen LogP contribution is -2.36. The molecular formula is C28H29NO6. The molecule has 2 unspecified atom stereocenters. The van der Waals surface area contributed by atoms with Crippen LogP contribution in [0.1, 0.15) is 56.6 Å². The molecule has 0 fully saturated rings. The van der Waals surface area contributed by atoms with Crippen molar-refractivity contribution in [2.75, 3.05) is 13.7 Å². The van der Waals surface area contributed by atoms with E-state index >= 15 is 0 Å². The van der Waals surface area contributed by atoms with Crippen molar-refractivity contribution in [3.05, 3.63) is 82.2 Å². The Balaban J connectivity index is 1.82. The fourth-order valence-corrected chi connectivity index (χ4v) is 4.92. The first-order chi connectivity index (χ1) is 16.8. The Labute approximate surface area is 204 Å². The summed E-state index contributed by atoms with van der Waals surface area (Å²) in [6.45, 7) is 5.10. The van der Waals surface area contributed by atoms with Gasteiger partial charge in [-0.2, -0.15) is 0 Å². The Kier molecular flexibility index (Phi) is 7.05. The molecule has 1 heterocycles. The average molecular weight is 476 g/mol. The summed E-state index contributed by atoms with van der Waals surface area (Å²) in [4.78, 5) is 38.2. The number of methoxy groups -OCH3 is 1. The second-order valence-corrected chi connectivity index (χ2v) is 8.65. The van der Waals surface area contributed by atoms with Crippen LogP contribution >= 0.6 is 0 Å². The minimum atomic E-state index is -0.630. The molecule has 182 valence electrons. The number of ketones is 1. The third-order valence-electron chi connectivity index (χ3n) is 6.37. The van der Waals surface area contributed by atoms with Crippen LogP contribution in [-0.2, 0) is 19.1 Å². The van der Waals surface area contributed by atoms with Gasteiger partial charge in [-0.05, 0) is 49.4 Å². The molecule has 0 spiro atoms. The molecule has 2 aliphatic rings. The normalized spacial score (nSPS) is 19.6. The van der Waals surface area contributed by atoms with Gasteiger partial charge in [-0.15, -0.1) is 0 Å². The van der Waals surface area contributed by atoms with Gasteiger partial charge in [0, 0.05) is 36.2 Å². The Morgan fingerprint density at radius 3 is 2.43 bits per heavy atom. The van der Waals surface area contributed by atoms with Gasteiger partial charge in [-0.1, -0.05) is 36.4 Å². The SMILES string of the molecule is CCOC(=O)C1=C(C)NC2=C(C(=O)CC(c3ccccc3)C2)C1c1ccc(OC(C)=O)c(OC)c1. The van der Waals surface area contributed by atoms with E-state index in [9.17, 15) is 14.4 Å². The van der Waals surface area contributed by atoms with Crippen LogP contribution in [0, 0.1) is 0 Å². The first-order valence-electron chi connectivity index (χ1n) is 11.7. The van der Waals surface area contributed by atoms with Crippen LogP contribution in [0.5, 0.6) is 11.5 Å². The molecule has 7 heteroatoms. The molecule has 0 amide bonds. The van der Waals surface area contributed by atoms with Crippen molar-refractivity contribution in [3.8, 4) is 11.5 Å². The van der Waals surface area contributed by atoms with E-state index < -0.39 is 17.9 Å². The van der Waals surface area contributed by atoms with Gasteiger partial charge < -0.3 is 19.5 Å². The molecule has 4 rings (SSSR count). The van der Waals surface area contributed by atoms with Gasteiger partial charge in [0.15, 0.2) is 17.3 Å². The van der Waals surface area contributed by atoms with Crippen LogP contribution < -0.4 is 14.8 Å². The van der Waals surface area contributed by atoms with Gasteiger partial charge in [0.1, 0.15) is 0 Å². The Morgan fingerprint density at radius 2 is 1.77 bits per heavy atom. The summed E-state index contributed by atoms with van der Waals surface area (Å²) in [5.41, 5.74) is 4.20. The fourth-order valence-electron chi connectivity index (χ4n) is 4.92. The van der Waals surface area contributed by atoms with Gasteiger partial charge >= 0.3 is 11.9 Å². The van der Waals surface area contributed by atoms with E-state index in [1.54, 1.807) is 25.1 Å². The molecule has 2 aromatic carbocycles. The topological polar surface area (TPSA) is 90.9 Å². The number of nitrogens with one attached hydrogen (secondary N) is 1. The van der Waals surface area contributed by atoms with Crippen LogP contribution in [0.4, 0.5) is 0 Å². The van der Waals surface area contributed by atoms with E-state index in [2.05, 4.69) is 5.32 Å². The quantitative estimate of drug-likeness (QED) is 0.484. The average Bonchev–Trinajstić information content (AvgIpc) is 2.83. The molecule has 1 aliphatic heterocycles. The van der Waals surface area contributed by atoms with Gasteiger partial charge in [-0.25, -0.2) is 4.79 Å². The van der Waals surface area contributed by atoms with Crippen LogP contribution in [0.2, 0.25) is 0 Å². The highest BCUT2D eigenvalue weighted by molar-refractivity contribution is 6.04. The maximum atomic E-state index is 13.6. The van der Waals surface area contributed by atoms with Crippen LogP contribution in [0.25, 0.3) is 0 Å². The molecule has 0 aromatic heterocycles. The first kappa shape index (κ1) is 24.3. The highest BCUT2D eigenvalue weighted by atomic mass is 16.6. The molecule has 0 saturated carbocycles. The highest BCUT2D eigenvalue weighted by Gasteiger charge is 2.41. The van der Waals surface area contributed by atoms with Crippen LogP contribution in [0.15, 0.2) is 71.1 Å². The van der Waals surface area contributed by atoms with Crippen LogP contribution in [0.3, 0.4) is 0 Å². The Hall–Kier alpha value is -3.87. The van der Waals surface area contributed by atoms with Crippen molar-refractivity contribution in [2.24, 2.45) is 0 Å². The van der Waals surface area contributed by atoms with Crippen molar-refractivity contribution < 1.29 is 28.6 Å². The minimum absolute atomic E-state index is 0.0186. The number of rotatable bonds is 6. The van der Waals surface area contributed by atoms with Gasteiger partial charge in [-0.3, -0.25) is 9.59 Å². The number of dihydropyridines is 1. The Morgan fingerprint density at radius 1 is 1.03 bits per heavy atom. The number of ether oxygens (including phenoxy) is 3. The van der Waals surface area contributed by atoms with E-state index in [1.807, 2.05) is 37.3 Å². The smallest absolute Gasteiger partial charge is 0.336 e. The summed E-state index contributed by atoms with van der Waals surface area (Å²) in [6.07, 6.45) is 0.997. The summed E-state index contributed by atoms with van der Waals surface area (Å²) in [5, 5.41) is 3.34. The maximum absolute atomic E-state index is 13.6. The predicted octanol–water partition coefficient (Wildman–Crippen LogP) is 4.55. The zero-order valence-electron chi connectivity index (χ0n) is 20.3. The summed E-state index contributed by atoms with van der Waals surface area (Å²) >= 11 is 0. The van der Waals surface area contributed by atoms with Gasteiger partial charge in [0.2, 0.25) is 0 Å². The number of hydrogen-bond donors (Lipinski definition) is 1. The zero-order valence-corrected chi connectivity index (χ0v) is 20.3. The van der Waals surface area contributed by atoms with Gasteiger partial charge in [0.05, 0.1) is 19.3 Å². The Bertz CT molecular complexity index is 1230. The number of Topliss-reactive ketones (excluding diaryl/α,β-unsaturated/α-hetero) is 1.